The molecular formula is C11H10N4O4S. The number of hydrogen-bond donors (Lipinski definition) is 2. The quantitative estimate of drug-likeness (QED) is 0.647. The summed E-state index contributed by atoms with van der Waals surface area (Å²) in [6.07, 6.45) is 1.25. The largest absolute Gasteiger partial charge is 0.384 e. The van der Waals surface area contributed by atoms with Gasteiger partial charge in [-0.1, -0.05) is 6.07 Å². The van der Waals surface area contributed by atoms with Crippen LogP contribution >= 0.6 is 0 Å². The van der Waals surface area contributed by atoms with Gasteiger partial charge in [0.05, 0.1) is 21.7 Å². The van der Waals surface area contributed by atoms with Gasteiger partial charge in [0.1, 0.15) is 5.82 Å². The minimum Gasteiger partial charge on any atom is -0.384 e. The van der Waals surface area contributed by atoms with E-state index < -0.39 is 14.9 Å². The lowest BCUT2D eigenvalue weighted by molar-refractivity contribution is -0.385. The van der Waals surface area contributed by atoms with Crippen molar-refractivity contribution in [3.8, 4) is 0 Å². The summed E-state index contributed by atoms with van der Waals surface area (Å²) in [6.45, 7) is 0. The van der Waals surface area contributed by atoms with Crippen molar-refractivity contribution in [3.05, 3.63) is 52.7 Å². The first-order valence-corrected chi connectivity index (χ1v) is 6.85. The number of pyridine rings is 1. The third-order valence-electron chi connectivity index (χ3n) is 2.38. The van der Waals surface area contributed by atoms with Crippen LogP contribution in [0.25, 0.3) is 0 Å². The Kier molecular flexibility index (Phi) is 3.53. The number of aromatic nitrogens is 1. The Balaban J connectivity index is 2.33. The van der Waals surface area contributed by atoms with Gasteiger partial charge in [-0.2, -0.15) is 0 Å². The lowest BCUT2D eigenvalue weighted by Crippen LogP contribution is -2.13. The molecule has 0 atom stereocenters. The molecule has 9 heteroatoms. The van der Waals surface area contributed by atoms with Crippen molar-refractivity contribution in [3.63, 3.8) is 0 Å². The summed E-state index contributed by atoms with van der Waals surface area (Å²) in [5.74, 6) is 0.253. The van der Waals surface area contributed by atoms with E-state index in [0.717, 1.165) is 6.07 Å². The summed E-state index contributed by atoms with van der Waals surface area (Å²) < 4.78 is 26.4. The Morgan fingerprint density at radius 3 is 2.60 bits per heavy atom. The number of nitrogen functional groups attached to an aromatic ring is 1. The Bertz CT molecular complexity index is 743. The maximum Gasteiger partial charge on any atom is 0.270 e. The lowest BCUT2D eigenvalue weighted by atomic mass is 10.3. The number of nitrogens with two attached hydrogens (primary N) is 1. The molecule has 0 spiro atoms. The van der Waals surface area contributed by atoms with Gasteiger partial charge in [0.25, 0.3) is 15.7 Å². The zero-order chi connectivity index (χ0) is 14.8. The van der Waals surface area contributed by atoms with Crippen LogP contribution in [0.5, 0.6) is 0 Å². The first-order valence-electron chi connectivity index (χ1n) is 5.37. The summed E-state index contributed by atoms with van der Waals surface area (Å²) in [5.41, 5.74) is 5.30. The summed E-state index contributed by atoms with van der Waals surface area (Å²) >= 11 is 0. The van der Waals surface area contributed by atoms with Gasteiger partial charge in [0.15, 0.2) is 0 Å². The number of hydrogen-bond acceptors (Lipinski definition) is 6. The van der Waals surface area contributed by atoms with E-state index in [-0.39, 0.29) is 22.1 Å². The molecule has 0 aliphatic rings. The van der Waals surface area contributed by atoms with Crippen LogP contribution in [0.4, 0.5) is 17.2 Å². The van der Waals surface area contributed by atoms with E-state index in [1.165, 1.54) is 36.5 Å². The molecule has 1 aromatic heterocycles. The van der Waals surface area contributed by atoms with Gasteiger partial charge in [0.2, 0.25) is 0 Å². The molecule has 1 heterocycles. The molecule has 0 fully saturated rings. The average molecular weight is 294 g/mol. The van der Waals surface area contributed by atoms with Crippen LogP contribution in [0.15, 0.2) is 47.5 Å². The smallest absolute Gasteiger partial charge is 0.270 e. The first-order chi connectivity index (χ1) is 9.38. The van der Waals surface area contributed by atoms with E-state index >= 15 is 0 Å². The number of non-ortho nitro benzene ring substituents is 1. The van der Waals surface area contributed by atoms with E-state index in [1.54, 1.807) is 0 Å². The fourth-order valence-corrected chi connectivity index (χ4v) is 2.53. The Morgan fingerprint density at radius 2 is 2.00 bits per heavy atom. The maximum absolute atomic E-state index is 12.1. The molecule has 20 heavy (non-hydrogen) atoms. The predicted molar refractivity (Wildman–Crippen MR) is 72.6 cm³/mol. The van der Waals surface area contributed by atoms with Gasteiger partial charge in [0, 0.05) is 12.1 Å². The Hall–Kier alpha value is -2.68. The van der Waals surface area contributed by atoms with Crippen LogP contribution in [0.3, 0.4) is 0 Å². The highest BCUT2D eigenvalue weighted by atomic mass is 32.2. The van der Waals surface area contributed by atoms with Crippen molar-refractivity contribution in [1.29, 1.82) is 0 Å². The van der Waals surface area contributed by atoms with Crippen molar-refractivity contribution < 1.29 is 13.3 Å². The molecule has 3 N–H and O–H groups in total. The highest BCUT2D eigenvalue weighted by Gasteiger charge is 2.17. The van der Waals surface area contributed by atoms with E-state index in [1.807, 2.05) is 0 Å². The van der Waals surface area contributed by atoms with Gasteiger partial charge in [-0.05, 0) is 18.2 Å². The summed E-state index contributed by atoms with van der Waals surface area (Å²) in [7, 11) is -3.92. The standard InChI is InChI=1S/C11H10N4O4S/c12-11-5-4-8(7-13-11)14-20(18,19)10-3-1-2-9(6-10)15(16)17/h1-7,14H,(H2,12,13). The molecule has 0 aliphatic carbocycles. The topological polar surface area (TPSA) is 128 Å². The monoisotopic (exact) mass is 294 g/mol. The number of nitrogens with one attached hydrogen (secondary N) is 1. The Morgan fingerprint density at radius 1 is 1.25 bits per heavy atom. The molecular weight excluding hydrogens is 284 g/mol. The highest BCUT2D eigenvalue weighted by molar-refractivity contribution is 7.92. The number of benzene rings is 1. The van der Waals surface area contributed by atoms with E-state index in [2.05, 4.69) is 9.71 Å². The molecule has 0 saturated carbocycles. The number of sulfonamides is 1. The average Bonchev–Trinajstić information content (AvgIpc) is 2.41. The zero-order valence-corrected chi connectivity index (χ0v) is 10.9. The van der Waals surface area contributed by atoms with Gasteiger partial charge in [-0.3, -0.25) is 14.8 Å². The maximum atomic E-state index is 12.1. The molecule has 8 nitrogen and oxygen atoms in total. The molecule has 2 aromatic rings. The first kappa shape index (κ1) is 13.7. The number of nitro groups is 1. The van der Waals surface area contributed by atoms with Gasteiger partial charge in [-0.15, -0.1) is 0 Å². The normalized spacial score (nSPS) is 11.0. The fourth-order valence-electron chi connectivity index (χ4n) is 1.44. The van der Waals surface area contributed by atoms with Crippen LogP contribution in [0, 0.1) is 10.1 Å². The molecule has 2 rings (SSSR count). The van der Waals surface area contributed by atoms with Crippen molar-refractivity contribution in [1.82, 2.24) is 4.98 Å². The molecule has 0 aliphatic heterocycles. The molecule has 0 unspecified atom stereocenters. The second-order valence-electron chi connectivity index (χ2n) is 3.83. The fraction of sp³-hybridized carbons (Fsp3) is 0. The number of nitrogens with zero attached hydrogens (tertiary/aromatic N) is 2. The van der Waals surface area contributed by atoms with Crippen LogP contribution in [0.2, 0.25) is 0 Å². The second kappa shape index (κ2) is 5.13. The Labute approximate surface area is 114 Å². The lowest BCUT2D eigenvalue weighted by Gasteiger charge is -2.07. The van der Waals surface area contributed by atoms with Crippen LogP contribution in [0.1, 0.15) is 0 Å². The SMILES string of the molecule is Nc1ccc(NS(=O)(=O)c2cccc([N+](=O)[O-])c2)cn1. The summed E-state index contributed by atoms with van der Waals surface area (Å²) in [4.78, 5) is 13.5. The van der Waals surface area contributed by atoms with E-state index in [4.69, 9.17) is 5.73 Å². The third kappa shape index (κ3) is 3.01. The third-order valence-corrected chi connectivity index (χ3v) is 3.76. The number of anilines is 2. The van der Waals surface area contributed by atoms with Crippen molar-refractivity contribution >= 4 is 27.2 Å². The van der Waals surface area contributed by atoms with Crippen LogP contribution in [-0.4, -0.2) is 18.3 Å². The molecule has 0 saturated heterocycles. The molecule has 0 bridgehead atoms. The van der Waals surface area contributed by atoms with Crippen molar-refractivity contribution in [2.24, 2.45) is 0 Å². The molecule has 0 amide bonds. The van der Waals surface area contributed by atoms with E-state index in [9.17, 15) is 18.5 Å². The van der Waals surface area contributed by atoms with E-state index in [0.29, 0.717) is 0 Å². The zero-order valence-electron chi connectivity index (χ0n) is 10.1. The molecule has 1 aromatic carbocycles. The van der Waals surface area contributed by atoms with Gasteiger partial charge in [-0.25, -0.2) is 13.4 Å². The predicted octanol–water partition coefficient (Wildman–Crippen LogP) is 1.37. The summed E-state index contributed by atoms with van der Waals surface area (Å²) in [5, 5.41) is 10.6. The van der Waals surface area contributed by atoms with Crippen LogP contribution in [-0.2, 0) is 10.0 Å². The van der Waals surface area contributed by atoms with Crippen LogP contribution < -0.4 is 10.5 Å². The second-order valence-corrected chi connectivity index (χ2v) is 5.51. The molecule has 104 valence electrons. The minimum absolute atomic E-state index is 0.205. The van der Waals surface area contributed by atoms with Gasteiger partial charge < -0.3 is 5.73 Å². The molecule has 0 radical (unpaired) electrons. The van der Waals surface area contributed by atoms with Crippen molar-refractivity contribution in [2.75, 3.05) is 10.5 Å². The minimum atomic E-state index is -3.92. The number of rotatable bonds is 4. The number of nitro benzene ring substituents is 1. The highest BCUT2D eigenvalue weighted by Crippen LogP contribution is 2.20. The van der Waals surface area contributed by atoms with Gasteiger partial charge >= 0.3 is 0 Å². The van der Waals surface area contributed by atoms with Crippen molar-refractivity contribution in [2.45, 2.75) is 4.90 Å². The summed E-state index contributed by atoms with van der Waals surface area (Å²) in [6, 6.07) is 7.63.